The van der Waals surface area contributed by atoms with Crippen LogP contribution in [0.1, 0.15) is 20.3 Å². The van der Waals surface area contributed by atoms with Crippen molar-refractivity contribution in [2.45, 2.75) is 26.2 Å². The van der Waals surface area contributed by atoms with E-state index in [1.807, 2.05) is 11.8 Å². The summed E-state index contributed by atoms with van der Waals surface area (Å²) in [5.41, 5.74) is 0. The maximum atomic E-state index is 13.2. The molecule has 0 atom stereocenters. The first-order valence-corrected chi connectivity index (χ1v) is 5.38. The number of halogens is 2. The topological polar surface area (TPSA) is 15.3 Å². The van der Waals surface area contributed by atoms with E-state index in [1.165, 1.54) is 0 Å². The lowest BCUT2D eigenvalue weighted by molar-refractivity contribution is -0.0583. The monoisotopic (exact) mass is 206 g/mol. The van der Waals surface area contributed by atoms with Crippen molar-refractivity contribution in [1.29, 1.82) is 0 Å². The molecule has 0 aromatic carbocycles. The molecule has 0 radical (unpaired) electrons. The van der Waals surface area contributed by atoms with Gasteiger partial charge >= 0.3 is 0 Å². The van der Waals surface area contributed by atoms with Crippen LogP contribution >= 0.6 is 0 Å². The Hall–Kier alpha value is -0.220. The van der Waals surface area contributed by atoms with E-state index in [1.54, 1.807) is 0 Å². The van der Waals surface area contributed by atoms with Crippen LogP contribution in [-0.4, -0.2) is 43.5 Å². The lowest BCUT2D eigenvalue weighted by Crippen LogP contribution is -2.53. The molecule has 1 N–H and O–H groups in total. The van der Waals surface area contributed by atoms with Crippen molar-refractivity contribution < 1.29 is 8.78 Å². The highest BCUT2D eigenvalue weighted by atomic mass is 19.3. The van der Waals surface area contributed by atoms with E-state index in [-0.39, 0.29) is 13.1 Å². The number of hydrogen-bond acceptors (Lipinski definition) is 2. The van der Waals surface area contributed by atoms with E-state index >= 15 is 0 Å². The van der Waals surface area contributed by atoms with Crippen LogP contribution in [0.15, 0.2) is 0 Å². The standard InChI is InChI=1S/C10H20F2N2/c1-3-9-5-14(6-9)8-10(11,12)7-13-4-2/h9,13H,3-8H2,1-2H3. The Morgan fingerprint density at radius 1 is 1.36 bits per heavy atom. The van der Waals surface area contributed by atoms with Crippen molar-refractivity contribution in [1.82, 2.24) is 10.2 Å². The third-order valence-corrected chi connectivity index (χ3v) is 2.70. The van der Waals surface area contributed by atoms with Crippen molar-refractivity contribution in [3.8, 4) is 0 Å². The van der Waals surface area contributed by atoms with E-state index in [0.29, 0.717) is 12.5 Å². The van der Waals surface area contributed by atoms with E-state index in [2.05, 4.69) is 12.2 Å². The fraction of sp³-hybridized carbons (Fsp3) is 1.00. The lowest BCUT2D eigenvalue weighted by atomic mass is 9.97. The molecule has 0 aromatic heterocycles. The molecule has 1 aliphatic heterocycles. The summed E-state index contributed by atoms with van der Waals surface area (Å²) in [5, 5.41) is 2.69. The number of likely N-dealkylation sites (tertiary alicyclic amines) is 1. The molecule has 1 rings (SSSR count). The number of nitrogens with one attached hydrogen (secondary N) is 1. The molecule has 1 saturated heterocycles. The fourth-order valence-electron chi connectivity index (χ4n) is 1.76. The minimum Gasteiger partial charge on any atom is -0.311 e. The van der Waals surface area contributed by atoms with Gasteiger partial charge in [0.25, 0.3) is 5.92 Å². The molecular formula is C10H20F2N2. The summed E-state index contributed by atoms with van der Waals surface area (Å²) >= 11 is 0. The Balaban J connectivity index is 2.16. The Labute approximate surface area is 84.7 Å². The summed E-state index contributed by atoms with van der Waals surface area (Å²) in [7, 11) is 0. The first-order valence-electron chi connectivity index (χ1n) is 5.38. The summed E-state index contributed by atoms with van der Waals surface area (Å²) in [6.45, 7) is 5.96. The average molecular weight is 206 g/mol. The highest BCUT2D eigenvalue weighted by Crippen LogP contribution is 2.23. The van der Waals surface area contributed by atoms with E-state index in [0.717, 1.165) is 19.5 Å². The first-order chi connectivity index (χ1) is 6.57. The second kappa shape index (κ2) is 5.03. The van der Waals surface area contributed by atoms with Gasteiger partial charge in [-0.3, -0.25) is 4.90 Å². The highest BCUT2D eigenvalue weighted by molar-refractivity contribution is 4.84. The van der Waals surface area contributed by atoms with Crippen molar-refractivity contribution in [3.63, 3.8) is 0 Å². The quantitative estimate of drug-likeness (QED) is 0.709. The molecule has 2 nitrogen and oxygen atoms in total. The molecule has 0 spiro atoms. The van der Waals surface area contributed by atoms with Gasteiger partial charge in [0, 0.05) is 13.1 Å². The second-order valence-corrected chi connectivity index (χ2v) is 4.10. The summed E-state index contributed by atoms with van der Waals surface area (Å²) < 4.78 is 26.4. The first kappa shape index (κ1) is 11.9. The van der Waals surface area contributed by atoms with Gasteiger partial charge in [0.2, 0.25) is 0 Å². The summed E-state index contributed by atoms with van der Waals surface area (Å²) in [5.74, 6) is -1.93. The van der Waals surface area contributed by atoms with Crippen LogP contribution in [-0.2, 0) is 0 Å². The summed E-state index contributed by atoms with van der Waals surface area (Å²) in [4.78, 5) is 1.84. The van der Waals surface area contributed by atoms with Crippen molar-refractivity contribution >= 4 is 0 Å². The molecular weight excluding hydrogens is 186 g/mol. The molecule has 1 fully saturated rings. The van der Waals surface area contributed by atoms with Crippen LogP contribution in [0.4, 0.5) is 8.78 Å². The Morgan fingerprint density at radius 2 is 2.00 bits per heavy atom. The maximum absolute atomic E-state index is 13.2. The second-order valence-electron chi connectivity index (χ2n) is 4.10. The van der Waals surface area contributed by atoms with E-state index < -0.39 is 5.92 Å². The van der Waals surface area contributed by atoms with Gasteiger partial charge in [-0.2, -0.15) is 0 Å². The Morgan fingerprint density at radius 3 is 2.50 bits per heavy atom. The number of alkyl halides is 2. The molecule has 0 amide bonds. The molecule has 1 heterocycles. The van der Waals surface area contributed by atoms with Crippen LogP contribution in [0.3, 0.4) is 0 Å². The predicted molar refractivity (Wildman–Crippen MR) is 53.7 cm³/mol. The molecule has 0 aromatic rings. The Bertz CT molecular complexity index is 168. The Kier molecular flexibility index (Phi) is 4.26. The van der Waals surface area contributed by atoms with Crippen LogP contribution in [0.2, 0.25) is 0 Å². The minimum absolute atomic E-state index is 0.0868. The predicted octanol–water partition coefficient (Wildman–Crippen LogP) is 1.57. The summed E-state index contributed by atoms with van der Waals surface area (Å²) in [6, 6.07) is 0. The van der Waals surface area contributed by atoms with Gasteiger partial charge in [0.15, 0.2) is 0 Å². The fourth-order valence-corrected chi connectivity index (χ4v) is 1.76. The van der Waals surface area contributed by atoms with Crippen molar-refractivity contribution in [2.75, 3.05) is 32.7 Å². The lowest BCUT2D eigenvalue weighted by Gasteiger charge is -2.40. The normalized spacial score (nSPS) is 19.7. The molecule has 0 bridgehead atoms. The molecule has 14 heavy (non-hydrogen) atoms. The van der Waals surface area contributed by atoms with Gasteiger partial charge in [-0.15, -0.1) is 0 Å². The smallest absolute Gasteiger partial charge is 0.272 e. The van der Waals surface area contributed by atoms with Gasteiger partial charge in [-0.1, -0.05) is 20.3 Å². The molecule has 1 aliphatic rings. The zero-order chi connectivity index (χ0) is 10.6. The zero-order valence-corrected chi connectivity index (χ0v) is 9.02. The van der Waals surface area contributed by atoms with Crippen LogP contribution in [0.5, 0.6) is 0 Å². The van der Waals surface area contributed by atoms with Gasteiger partial charge in [-0.05, 0) is 12.5 Å². The third-order valence-electron chi connectivity index (χ3n) is 2.70. The van der Waals surface area contributed by atoms with Gasteiger partial charge < -0.3 is 5.32 Å². The van der Waals surface area contributed by atoms with Crippen LogP contribution in [0.25, 0.3) is 0 Å². The van der Waals surface area contributed by atoms with Crippen molar-refractivity contribution in [2.24, 2.45) is 5.92 Å². The largest absolute Gasteiger partial charge is 0.311 e. The van der Waals surface area contributed by atoms with Crippen molar-refractivity contribution in [3.05, 3.63) is 0 Å². The molecule has 0 aliphatic carbocycles. The van der Waals surface area contributed by atoms with Gasteiger partial charge in [-0.25, -0.2) is 8.78 Å². The van der Waals surface area contributed by atoms with E-state index in [4.69, 9.17) is 0 Å². The van der Waals surface area contributed by atoms with Crippen LogP contribution in [0, 0.1) is 5.92 Å². The number of nitrogens with zero attached hydrogens (tertiary/aromatic N) is 1. The molecule has 4 heteroatoms. The zero-order valence-electron chi connectivity index (χ0n) is 9.02. The molecule has 0 saturated carbocycles. The van der Waals surface area contributed by atoms with Gasteiger partial charge in [0.1, 0.15) is 0 Å². The molecule has 0 unspecified atom stereocenters. The maximum Gasteiger partial charge on any atom is 0.272 e. The van der Waals surface area contributed by atoms with E-state index in [9.17, 15) is 8.78 Å². The number of rotatable bonds is 6. The molecule has 84 valence electrons. The number of hydrogen-bond donors (Lipinski definition) is 1. The van der Waals surface area contributed by atoms with Crippen LogP contribution < -0.4 is 5.32 Å². The third kappa shape index (κ3) is 3.50. The SMILES string of the molecule is CCNCC(F)(F)CN1CC(CC)C1. The average Bonchev–Trinajstić information content (AvgIpc) is 2.07. The summed E-state index contributed by atoms with van der Waals surface area (Å²) in [6.07, 6.45) is 1.11. The minimum atomic E-state index is -2.57. The highest BCUT2D eigenvalue weighted by Gasteiger charge is 2.35. The van der Waals surface area contributed by atoms with Gasteiger partial charge in [0.05, 0.1) is 13.1 Å².